The number of allylic oxidation sites excluding steroid dienone is 1. The molecule has 1 aromatic heterocycles. The van der Waals surface area contributed by atoms with E-state index in [1.165, 1.54) is 30.2 Å². The quantitative estimate of drug-likeness (QED) is 0.290. The molecule has 14 nitrogen and oxygen atoms in total. The first kappa shape index (κ1) is 37.3. The highest BCUT2D eigenvalue weighted by atomic mass is 32.2. The van der Waals surface area contributed by atoms with Crippen molar-refractivity contribution in [3.8, 4) is 11.8 Å². The number of rotatable bonds is 8. The zero-order valence-electron chi connectivity index (χ0n) is 29.7. The van der Waals surface area contributed by atoms with E-state index in [2.05, 4.69) is 20.3 Å². The van der Waals surface area contributed by atoms with Crippen molar-refractivity contribution < 1.29 is 46.6 Å². The van der Waals surface area contributed by atoms with E-state index in [9.17, 15) is 37.1 Å². The first-order valence-electron chi connectivity index (χ1n) is 17.8. The number of ether oxygens (including phenoxy) is 2. The summed E-state index contributed by atoms with van der Waals surface area (Å²) in [7, 11) is -2.63. The summed E-state index contributed by atoms with van der Waals surface area (Å²) in [6.07, 6.45) is 4.80. The standard InChI is InChI=1S/C36H46FN5O9S/c1-5-21-14-20(2)8-6-7-9-23-18-36(23,33(45)41-52(48,49)35(3)12-13-35)40-30(43)27-17-25(19-42(27)32(44)29(21)39-34(46)47)51-31-26-11-10-24(37)15-22(26)16-28(38-31)50-4/h7,9-11,15-16,20-21,23,25,27,29,39H,5-6,8,12-14,17-19H2,1-4H3,(H,40,43)(H,41,45)(H,46,47)/t20-,21-,23-,25-,27+,29+,36-/m1/s1. The lowest BCUT2D eigenvalue weighted by Crippen LogP contribution is -2.59. The lowest BCUT2D eigenvalue weighted by molar-refractivity contribution is -0.142. The lowest BCUT2D eigenvalue weighted by atomic mass is 9.85. The first-order chi connectivity index (χ1) is 24.6. The molecule has 2 saturated carbocycles. The Morgan fingerprint density at radius 1 is 1.19 bits per heavy atom. The highest BCUT2D eigenvalue weighted by Crippen LogP contribution is 2.47. The van der Waals surface area contributed by atoms with E-state index in [0.717, 1.165) is 6.42 Å². The zero-order chi connectivity index (χ0) is 37.6. The van der Waals surface area contributed by atoms with Gasteiger partial charge in [-0.2, -0.15) is 4.98 Å². The van der Waals surface area contributed by atoms with Gasteiger partial charge in [0.25, 0.3) is 5.91 Å². The maximum absolute atomic E-state index is 14.5. The predicted molar refractivity (Wildman–Crippen MR) is 187 cm³/mol. The van der Waals surface area contributed by atoms with E-state index < -0.39 is 80.0 Å². The average Bonchev–Trinajstić information content (AvgIpc) is 3.97. The maximum atomic E-state index is 14.5. The fourth-order valence-corrected chi connectivity index (χ4v) is 8.79. The van der Waals surface area contributed by atoms with Gasteiger partial charge in [0.05, 0.1) is 18.4 Å². The molecule has 4 N–H and O–H groups in total. The monoisotopic (exact) mass is 743 g/mol. The van der Waals surface area contributed by atoms with E-state index in [0.29, 0.717) is 42.9 Å². The van der Waals surface area contributed by atoms with E-state index in [1.807, 2.05) is 26.0 Å². The van der Waals surface area contributed by atoms with Gasteiger partial charge in [0, 0.05) is 23.8 Å². The van der Waals surface area contributed by atoms with Crippen molar-refractivity contribution in [3.63, 3.8) is 0 Å². The van der Waals surface area contributed by atoms with Crippen LogP contribution in [0.4, 0.5) is 9.18 Å². The zero-order valence-corrected chi connectivity index (χ0v) is 30.5. The van der Waals surface area contributed by atoms with Gasteiger partial charge in [0.2, 0.25) is 33.6 Å². The molecule has 2 aromatic rings. The van der Waals surface area contributed by atoms with E-state index in [4.69, 9.17) is 9.47 Å². The van der Waals surface area contributed by atoms with Gasteiger partial charge < -0.3 is 30.1 Å². The Hall–Kier alpha value is -4.47. The Labute approximate surface area is 301 Å². The second-order valence-corrected chi connectivity index (χ2v) is 17.1. The molecule has 52 heavy (non-hydrogen) atoms. The molecular weight excluding hydrogens is 697 g/mol. The normalized spacial score (nSPS) is 30.2. The second kappa shape index (κ2) is 14.2. The summed E-state index contributed by atoms with van der Waals surface area (Å²) in [5.41, 5.74) is -1.58. The number of sulfonamides is 1. The third-order valence-electron chi connectivity index (χ3n) is 11.1. The Morgan fingerprint density at radius 3 is 2.62 bits per heavy atom. The van der Waals surface area contributed by atoms with Crippen molar-refractivity contribution in [2.24, 2.45) is 17.8 Å². The number of amides is 4. The minimum absolute atomic E-state index is 0.0687. The van der Waals surface area contributed by atoms with E-state index in [1.54, 1.807) is 13.0 Å². The van der Waals surface area contributed by atoms with Gasteiger partial charge in [-0.25, -0.2) is 17.6 Å². The van der Waals surface area contributed by atoms with Crippen molar-refractivity contribution >= 4 is 44.6 Å². The molecule has 3 fully saturated rings. The van der Waals surface area contributed by atoms with Crippen LogP contribution < -0.4 is 24.8 Å². The smallest absolute Gasteiger partial charge is 0.405 e. The van der Waals surface area contributed by atoms with Gasteiger partial charge in [-0.3, -0.25) is 19.1 Å². The number of carbonyl (C=O) groups excluding carboxylic acids is 3. The molecule has 0 unspecified atom stereocenters. The van der Waals surface area contributed by atoms with Crippen LogP contribution in [0.25, 0.3) is 10.8 Å². The summed E-state index contributed by atoms with van der Waals surface area (Å²) in [6, 6.07) is 3.18. The molecule has 2 aliphatic carbocycles. The number of carbonyl (C=O) groups is 4. The topological polar surface area (TPSA) is 193 Å². The van der Waals surface area contributed by atoms with Gasteiger partial charge >= 0.3 is 6.09 Å². The van der Waals surface area contributed by atoms with Crippen molar-refractivity contribution in [1.29, 1.82) is 0 Å². The number of pyridine rings is 1. The maximum Gasteiger partial charge on any atom is 0.405 e. The molecule has 1 aromatic carbocycles. The van der Waals surface area contributed by atoms with Crippen LogP contribution in [0.3, 0.4) is 0 Å². The molecule has 0 bridgehead atoms. The lowest BCUT2D eigenvalue weighted by Gasteiger charge is -2.33. The van der Waals surface area contributed by atoms with Crippen molar-refractivity contribution in [2.45, 2.75) is 101 Å². The summed E-state index contributed by atoms with van der Waals surface area (Å²) in [4.78, 5) is 60.4. The van der Waals surface area contributed by atoms with Crippen LogP contribution in [0.1, 0.15) is 72.1 Å². The summed E-state index contributed by atoms with van der Waals surface area (Å²) < 4.78 is 53.2. The predicted octanol–water partition coefficient (Wildman–Crippen LogP) is 3.64. The number of nitrogens with zero attached hydrogens (tertiary/aromatic N) is 2. The molecule has 16 heteroatoms. The van der Waals surface area contributed by atoms with Crippen LogP contribution in [0.2, 0.25) is 0 Å². The fraction of sp³-hybridized carbons (Fsp3) is 0.583. The molecule has 0 spiro atoms. The van der Waals surface area contributed by atoms with Crippen LogP contribution in [-0.2, 0) is 24.4 Å². The minimum Gasteiger partial charge on any atom is -0.481 e. The highest BCUT2D eigenvalue weighted by molar-refractivity contribution is 7.91. The van der Waals surface area contributed by atoms with Gasteiger partial charge in [0.15, 0.2) is 0 Å². The number of hydrogen-bond donors (Lipinski definition) is 4. The van der Waals surface area contributed by atoms with Gasteiger partial charge in [-0.05, 0) is 80.9 Å². The number of carboxylic acid groups (broad SMARTS) is 1. The van der Waals surface area contributed by atoms with Crippen LogP contribution in [0.15, 0.2) is 36.4 Å². The summed E-state index contributed by atoms with van der Waals surface area (Å²) in [5, 5.41) is 16.0. The molecule has 2 aliphatic heterocycles. The minimum atomic E-state index is -4.03. The number of methoxy groups -OCH3 is 1. The SMILES string of the molecule is CC[C@@H]1C[C@H](C)CCC=C[C@@H]2C[C@@]2(C(=O)NS(=O)(=O)C2(C)CC2)NC(=O)[C@@H]2C[C@@H](Oc3nc(OC)cc4cc(F)ccc34)CN2C(=O)[C@H]1NC(=O)O. The Bertz CT molecular complexity index is 1900. The average molecular weight is 744 g/mol. The van der Waals surface area contributed by atoms with Crippen LogP contribution in [0, 0.1) is 23.6 Å². The molecular formula is C36H46FN5O9S. The Morgan fingerprint density at radius 2 is 1.94 bits per heavy atom. The number of nitrogens with one attached hydrogen (secondary N) is 3. The van der Waals surface area contributed by atoms with Gasteiger partial charge in [0.1, 0.15) is 29.5 Å². The molecule has 6 rings (SSSR count). The van der Waals surface area contributed by atoms with E-state index in [-0.39, 0.29) is 37.1 Å². The number of halogens is 1. The Kier molecular flexibility index (Phi) is 10.2. The summed E-state index contributed by atoms with van der Waals surface area (Å²) >= 11 is 0. The molecule has 7 atom stereocenters. The summed E-state index contributed by atoms with van der Waals surface area (Å²) in [5.74, 6) is -3.22. The molecule has 1 saturated heterocycles. The molecule has 3 heterocycles. The first-order valence-corrected chi connectivity index (χ1v) is 19.2. The van der Waals surface area contributed by atoms with E-state index >= 15 is 0 Å². The highest BCUT2D eigenvalue weighted by Gasteiger charge is 2.63. The van der Waals surface area contributed by atoms with Crippen molar-refractivity contribution in [2.75, 3.05) is 13.7 Å². The van der Waals surface area contributed by atoms with Crippen LogP contribution in [-0.4, -0.2) is 89.4 Å². The number of benzene rings is 1. The molecule has 4 aliphatic rings. The van der Waals surface area contributed by atoms with Gasteiger partial charge in [-0.15, -0.1) is 0 Å². The number of hydrogen-bond acceptors (Lipinski definition) is 9. The summed E-state index contributed by atoms with van der Waals surface area (Å²) in [6.45, 7) is 5.33. The number of fused-ring (bicyclic) bond motifs is 3. The third-order valence-corrected chi connectivity index (χ3v) is 13.3. The van der Waals surface area contributed by atoms with Crippen molar-refractivity contribution in [3.05, 3.63) is 42.2 Å². The van der Waals surface area contributed by atoms with Crippen LogP contribution in [0.5, 0.6) is 11.8 Å². The Balaban J connectivity index is 1.36. The third kappa shape index (κ3) is 7.39. The second-order valence-electron chi connectivity index (χ2n) is 14.9. The molecule has 0 radical (unpaired) electrons. The van der Waals surface area contributed by atoms with Crippen LogP contribution >= 0.6 is 0 Å². The molecule has 282 valence electrons. The fourth-order valence-electron chi connectivity index (χ4n) is 7.47. The van der Waals surface area contributed by atoms with Crippen molar-refractivity contribution in [1.82, 2.24) is 25.2 Å². The van der Waals surface area contributed by atoms with Gasteiger partial charge in [-0.1, -0.05) is 32.4 Å². The molecule has 4 amide bonds. The largest absolute Gasteiger partial charge is 0.481 e. The number of aromatic nitrogens is 1.